The molecule has 1 aromatic heterocycles. The summed E-state index contributed by atoms with van der Waals surface area (Å²) >= 11 is 8.01. The number of aromatic nitrogens is 3. The fourth-order valence-corrected chi connectivity index (χ4v) is 5.57. The smallest absolute Gasteiger partial charge is 0.0900 e. The average molecular weight is 502 g/mol. The van der Waals surface area contributed by atoms with E-state index < -0.39 is 0 Å². The van der Waals surface area contributed by atoms with Crippen LogP contribution in [0.5, 0.6) is 0 Å². The van der Waals surface area contributed by atoms with Gasteiger partial charge in [0, 0.05) is 17.8 Å². The van der Waals surface area contributed by atoms with Gasteiger partial charge in [0.25, 0.3) is 0 Å². The molecule has 0 unspecified atom stereocenters. The molecule has 0 bridgehead atoms. The Balaban J connectivity index is 1.78. The highest BCUT2D eigenvalue weighted by Crippen LogP contribution is 2.31. The molecule has 1 aliphatic carbocycles. The van der Waals surface area contributed by atoms with Crippen molar-refractivity contribution in [2.75, 3.05) is 22.7 Å². The van der Waals surface area contributed by atoms with Crippen molar-refractivity contribution < 1.29 is 0 Å². The highest BCUT2D eigenvalue weighted by atomic mass is 35.5. The minimum absolute atomic E-state index is 0.322. The van der Waals surface area contributed by atoms with Crippen LogP contribution in [0.25, 0.3) is 28.1 Å². The molecule has 1 fully saturated rings. The van der Waals surface area contributed by atoms with Crippen molar-refractivity contribution in [2.24, 2.45) is 4.99 Å². The number of anilines is 2. The summed E-state index contributed by atoms with van der Waals surface area (Å²) < 4.78 is 2.25. The Morgan fingerprint density at radius 2 is 2.06 bits per heavy atom. The van der Waals surface area contributed by atoms with Crippen molar-refractivity contribution >= 4 is 51.5 Å². The van der Waals surface area contributed by atoms with Crippen molar-refractivity contribution in [1.29, 1.82) is 0 Å². The maximum absolute atomic E-state index is 5.99. The van der Waals surface area contributed by atoms with Crippen molar-refractivity contribution in [3.05, 3.63) is 84.5 Å². The summed E-state index contributed by atoms with van der Waals surface area (Å²) in [7, 11) is 0. The first-order valence-electron chi connectivity index (χ1n) is 11.9. The number of thioether (sulfide) groups is 1. The minimum Gasteiger partial charge on any atom is -0.352 e. The maximum Gasteiger partial charge on any atom is 0.0900 e. The summed E-state index contributed by atoms with van der Waals surface area (Å²) in [4.78, 5) is 14.5. The molecule has 2 aliphatic heterocycles. The van der Waals surface area contributed by atoms with Crippen LogP contribution in [0, 0.1) is 0 Å². The van der Waals surface area contributed by atoms with Crippen molar-refractivity contribution in [3.63, 3.8) is 0 Å². The third-order valence-electron chi connectivity index (χ3n) is 6.08. The van der Waals surface area contributed by atoms with E-state index in [1.807, 2.05) is 55.2 Å². The van der Waals surface area contributed by atoms with Crippen molar-refractivity contribution in [2.45, 2.75) is 25.8 Å². The normalized spacial score (nSPS) is 15.9. The Labute approximate surface area is 215 Å². The fraction of sp³-hybridized carbons (Fsp3) is 0.250. The van der Waals surface area contributed by atoms with E-state index in [9.17, 15) is 0 Å². The molecule has 1 saturated heterocycles. The van der Waals surface area contributed by atoms with Gasteiger partial charge in [0.15, 0.2) is 0 Å². The average Bonchev–Trinajstić information content (AvgIpc) is 2.90. The van der Waals surface area contributed by atoms with Crippen LogP contribution >= 0.6 is 23.4 Å². The maximum atomic E-state index is 5.99. The first kappa shape index (κ1) is 23.6. The summed E-state index contributed by atoms with van der Waals surface area (Å²) in [5.74, 6) is 2.77. The molecule has 0 amide bonds. The molecule has 0 radical (unpaired) electrons. The molecule has 3 aliphatic rings. The van der Waals surface area contributed by atoms with Crippen LogP contribution in [0.3, 0.4) is 0 Å². The Bertz CT molecular complexity index is 1400. The summed E-state index contributed by atoms with van der Waals surface area (Å²) in [6.45, 7) is 2.05. The van der Waals surface area contributed by atoms with Gasteiger partial charge in [-0.25, -0.2) is 4.98 Å². The van der Waals surface area contributed by atoms with Crippen LogP contribution in [0.1, 0.15) is 19.8 Å². The Morgan fingerprint density at radius 1 is 1.20 bits per heavy atom. The highest BCUT2D eigenvalue weighted by molar-refractivity contribution is 7.99. The standard InChI is InChI=1S/C28H28ClN5S/c1-2-22(8-5-13-29)34-27-10-4-3-9-23(27)33-26-17-24(32-21-7-6-14-30-19-21)25(18-28(26)34)31-20-11-15-35-16-12-20/h2-10,14,17-20,32H,11-13,15-16H2,1H3/b8-5-,22-2+,31-25?. The van der Waals surface area contributed by atoms with Crippen LogP contribution in [-0.2, 0) is 0 Å². The molecule has 178 valence electrons. The van der Waals surface area contributed by atoms with Crippen LogP contribution in [0.15, 0.2) is 84.1 Å². The number of allylic oxidation sites excluding steroid dienone is 4. The molecular formula is C28H28ClN5S. The molecule has 5 rings (SSSR count). The summed E-state index contributed by atoms with van der Waals surface area (Å²) in [5.41, 5.74) is 6.79. The minimum atomic E-state index is 0.322. The Kier molecular flexibility index (Phi) is 7.50. The second-order valence-corrected chi connectivity index (χ2v) is 9.94. The Hall–Kier alpha value is -3.09. The van der Waals surface area contributed by atoms with E-state index in [1.54, 1.807) is 6.20 Å². The quantitative estimate of drug-likeness (QED) is 0.181. The van der Waals surface area contributed by atoms with Crippen molar-refractivity contribution in [3.8, 4) is 11.4 Å². The number of nitrogens with zero attached hydrogens (tertiary/aromatic N) is 4. The molecular weight excluding hydrogens is 474 g/mol. The largest absolute Gasteiger partial charge is 0.352 e. The van der Waals surface area contributed by atoms with E-state index >= 15 is 0 Å². The number of hydrogen-bond donors (Lipinski definition) is 1. The number of halogens is 1. The van der Waals surface area contributed by atoms with E-state index in [0.29, 0.717) is 11.9 Å². The van der Waals surface area contributed by atoms with Crippen molar-refractivity contribution in [1.82, 2.24) is 14.5 Å². The lowest BCUT2D eigenvalue weighted by Gasteiger charge is -2.22. The molecule has 0 atom stereocenters. The lowest BCUT2D eigenvalue weighted by molar-refractivity contribution is 0.613. The third-order valence-corrected chi connectivity index (χ3v) is 7.31. The summed E-state index contributed by atoms with van der Waals surface area (Å²) in [6.07, 6.45) is 11.9. The highest BCUT2D eigenvalue weighted by Gasteiger charge is 2.18. The first-order valence-corrected chi connectivity index (χ1v) is 13.6. The number of fused-ring (bicyclic) bond motifs is 2. The monoisotopic (exact) mass is 501 g/mol. The Morgan fingerprint density at radius 3 is 2.83 bits per heavy atom. The van der Waals surface area contributed by atoms with Gasteiger partial charge < -0.3 is 9.88 Å². The number of para-hydroxylation sites is 2. The molecule has 35 heavy (non-hydrogen) atoms. The van der Waals surface area contributed by atoms with Gasteiger partial charge in [-0.1, -0.05) is 24.3 Å². The molecule has 3 heterocycles. The van der Waals surface area contributed by atoms with Crippen LogP contribution in [0.4, 0.5) is 11.4 Å². The predicted molar refractivity (Wildman–Crippen MR) is 150 cm³/mol. The number of pyridine rings is 1. The van der Waals surface area contributed by atoms with E-state index in [-0.39, 0.29) is 0 Å². The lowest BCUT2D eigenvalue weighted by Crippen LogP contribution is -2.20. The number of rotatable bonds is 6. The second kappa shape index (κ2) is 11.1. The van der Waals surface area contributed by atoms with Gasteiger partial charge in [-0.05, 0) is 73.7 Å². The van der Waals surface area contributed by atoms with Crippen LogP contribution in [0.2, 0.25) is 0 Å². The third kappa shape index (κ3) is 5.29. The molecule has 0 saturated carbocycles. The fourth-order valence-electron chi connectivity index (χ4n) is 4.40. The number of benzene rings is 2. The zero-order valence-electron chi connectivity index (χ0n) is 19.7. The zero-order chi connectivity index (χ0) is 24.0. The molecule has 1 N–H and O–H groups in total. The van der Waals surface area contributed by atoms with Gasteiger partial charge in [-0.15, -0.1) is 11.6 Å². The zero-order valence-corrected chi connectivity index (χ0v) is 21.3. The lowest BCUT2D eigenvalue weighted by atomic mass is 10.1. The molecule has 0 spiro atoms. The van der Waals surface area contributed by atoms with Gasteiger partial charge >= 0.3 is 0 Å². The molecule has 7 heteroatoms. The summed E-state index contributed by atoms with van der Waals surface area (Å²) in [5, 5.41) is 4.49. The van der Waals surface area contributed by atoms with E-state index in [4.69, 9.17) is 21.6 Å². The first-order chi connectivity index (χ1) is 17.3. The predicted octanol–water partition coefficient (Wildman–Crippen LogP) is 6.73. The topological polar surface area (TPSA) is 55.1 Å². The SMILES string of the molecule is C/C=C(\C=C/CCl)n1c2cc(=NC3CCSCC3)c(Nc3cccnc3)cc-2nc2ccccc21. The van der Waals surface area contributed by atoms with Gasteiger partial charge in [-0.3, -0.25) is 9.98 Å². The van der Waals surface area contributed by atoms with Gasteiger partial charge in [0.05, 0.1) is 51.4 Å². The molecule has 2 aromatic rings. The number of nitrogens with one attached hydrogen (secondary N) is 1. The van der Waals surface area contributed by atoms with E-state index in [1.165, 1.54) is 0 Å². The van der Waals surface area contributed by atoms with Gasteiger partial charge in [-0.2, -0.15) is 11.8 Å². The van der Waals surface area contributed by atoms with Gasteiger partial charge in [0.1, 0.15) is 0 Å². The second-order valence-electron chi connectivity index (χ2n) is 8.40. The van der Waals surface area contributed by atoms with Crippen LogP contribution in [-0.4, -0.2) is 38.0 Å². The van der Waals surface area contributed by atoms with Crippen LogP contribution < -0.4 is 10.7 Å². The number of alkyl halides is 1. The molecule has 5 nitrogen and oxygen atoms in total. The van der Waals surface area contributed by atoms with E-state index in [2.05, 4.69) is 51.3 Å². The molecule has 1 aromatic carbocycles. The van der Waals surface area contributed by atoms with Gasteiger partial charge in [0.2, 0.25) is 0 Å². The number of hydrogen-bond acceptors (Lipinski definition) is 5. The summed E-state index contributed by atoms with van der Waals surface area (Å²) in [6, 6.07) is 16.8. The van der Waals surface area contributed by atoms with E-state index in [0.717, 1.165) is 69.2 Å².